The van der Waals surface area contributed by atoms with Gasteiger partial charge < -0.3 is 10.1 Å². The Morgan fingerprint density at radius 2 is 1.66 bits per heavy atom. The zero-order chi connectivity index (χ0) is 29.6. The SMILES string of the molecule is CC(C)C(=N)C(=O)OCC[C@H](NC(=O)[C@@H]1SCCN1S(=O)(=O)c1ccc(-c2ccccc2)cc1)c1ccc(F)cc1. The summed E-state index contributed by atoms with van der Waals surface area (Å²) in [5.74, 6) is -1.57. The highest BCUT2D eigenvalue weighted by Crippen LogP contribution is 2.32. The summed E-state index contributed by atoms with van der Waals surface area (Å²) < 4.78 is 47.1. The summed E-state index contributed by atoms with van der Waals surface area (Å²) in [5.41, 5.74) is 2.25. The minimum atomic E-state index is -3.97. The van der Waals surface area contributed by atoms with Crippen LogP contribution in [0.2, 0.25) is 0 Å². The van der Waals surface area contributed by atoms with E-state index in [2.05, 4.69) is 5.32 Å². The van der Waals surface area contributed by atoms with Gasteiger partial charge in [0.1, 0.15) is 16.9 Å². The van der Waals surface area contributed by atoms with E-state index >= 15 is 0 Å². The van der Waals surface area contributed by atoms with Crippen LogP contribution in [-0.2, 0) is 24.3 Å². The zero-order valence-corrected chi connectivity index (χ0v) is 24.4. The summed E-state index contributed by atoms with van der Waals surface area (Å²) >= 11 is 1.22. The number of benzene rings is 3. The number of amides is 1. The third kappa shape index (κ3) is 7.41. The molecule has 1 amide bonds. The molecule has 1 saturated heterocycles. The first-order valence-electron chi connectivity index (χ1n) is 13.2. The number of sulfonamides is 1. The van der Waals surface area contributed by atoms with Crippen LogP contribution in [0.25, 0.3) is 11.1 Å². The predicted molar refractivity (Wildman–Crippen MR) is 157 cm³/mol. The number of hydrogen-bond acceptors (Lipinski definition) is 7. The molecule has 216 valence electrons. The first kappa shape index (κ1) is 30.4. The Bertz CT molecular complexity index is 1480. The van der Waals surface area contributed by atoms with Crippen LogP contribution >= 0.6 is 11.8 Å². The Morgan fingerprint density at radius 1 is 1.02 bits per heavy atom. The van der Waals surface area contributed by atoms with Gasteiger partial charge in [-0.2, -0.15) is 4.31 Å². The van der Waals surface area contributed by atoms with Crippen molar-refractivity contribution in [2.75, 3.05) is 18.9 Å². The highest BCUT2D eigenvalue weighted by atomic mass is 32.2. The summed E-state index contributed by atoms with van der Waals surface area (Å²) in [6, 6.07) is 21.0. The largest absolute Gasteiger partial charge is 0.461 e. The van der Waals surface area contributed by atoms with Crippen molar-refractivity contribution in [3.05, 3.63) is 90.2 Å². The number of esters is 1. The van der Waals surface area contributed by atoms with Crippen LogP contribution < -0.4 is 5.32 Å². The first-order valence-corrected chi connectivity index (χ1v) is 15.7. The topological polar surface area (TPSA) is 117 Å². The van der Waals surface area contributed by atoms with E-state index in [9.17, 15) is 22.4 Å². The van der Waals surface area contributed by atoms with Gasteiger partial charge in [-0.3, -0.25) is 10.2 Å². The van der Waals surface area contributed by atoms with Crippen molar-refractivity contribution in [2.24, 2.45) is 5.92 Å². The van der Waals surface area contributed by atoms with E-state index in [-0.39, 0.29) is 36.1 Å². The third-order valence-corrected chi connectivity index (χ3v) is 9.88. The lowest BCUT2D eigenvalue weighted by Crippen LogP contribution is -2.45. The van der Waals surface area contributed by atoms with E-state index in [1.807, 2.05) is 30.3 Å². The minimum Gasteiger partial charge on any atom is -0.461 e. The Balaban J connectivity index is 1.48. The molecule has 0 bridgehead atoms. The van der Waals surface area contributed by atoms with Crippen molar-refractivity contribution in [3.8, 4) is 11.1 Å². The van der Waals surface area contributed by atoms with Crippen molar-refractivity contribution >= 4 is 39.4 Å². The van der Waals surface area contributed by atoms with Gasteiger partial charge in [0.05, 0.1) is 17.5 Å². The summed E-state index contributed by atoms with van der Waals surface area (Å²) in [5, 5.41) is 9.67. The Morgan fingerprint density at radius 3 is 2.29 bits per heavy atom. The molecule has 3 aromatic rings. The second-order valence-corrected chi connectivity index (χ2v) is 12.9. The Kier molecular flexibility index (Phi) is 9.95. The minimum absolute atomic E-state index is 0.0899. The second-order valence-electron chi connectivity index (χ2n) is 9.84. The van der Waals surface area contributed by atoms with Gasteiger partial charge in [0.2, 0.25) is 15.9 Å². The quantitative estimate of drug-likeness (QED) is 0.237. The maximum atomic E-state index is 13.6. The van der Waals surface area contributed by atoms with Gasteiger partial charge in [-0.1, -0.05) is 68.4 Å². The molecule has 2 N–H and O–H groups in total. The number of halogens is 1. The number of thioether (sulfide) groups is 1. The van der Waals surface area contributed by atoms with Gasteiger partial charge in [0, 0.05) is 24.6 Å². The van der Waals surface area contributed by atoms with Crippen LogP contribution in [0.3, 0.4) is 0 Å². The molecule has 0 spiro atoms. The van der Waals surface area contributed by atoms with Crippen LogP contribution in [0.5, 0.6) is 0 Å². The summed E-state index contributed by atoms with van der Waals surface area (Å²) in [6.45, 7) is 3.50. The molecule has 2 atom stereocenters. The number of carbonyl (C=O) groups is 2. The number of nitrogens with zero attached hydrogens (tertiary/aromatic N) is 1. The highest BCUT2D eigenvalue weighted by molar-refractivity contribution is 8.02. The maximum Gasteiger partial charge on any atom is 0.352 e. The summed E-state index contributed by atoms with van der Waals surface area (Å²) in [7, 11) is -3.97. The molecular weight excluding hydrogens is 565 g/mol. The third-order valence-electron chi connectivity index (χ3n) is 6.67. The predicted octanol–water partition coefficient (Wildman–Crippen LogP) is 5.02. The van der Waals surface area contributed by atoms with Crippen molar-refractivity contribution in [3.63, 3.8) is 0 Å². The van der Waals surface area contributed by atoms with Crippen molar-refractivity contribution in [1.29, 1.82) is 5.41 Å². The van der Waals surface area contributed by atoms with Gasteiger partial charge in [-0.25, -0.2) is 17.6 Å². The molecule has 11 heteroatoms. The van der Waals surface area contributed by atoms with Crippen molar-refractivity contribution < 1.29 is 27.1 Å². The monoisotopic (exact) mass is 597 g/mol. The molecule has 0 unspecified atom stereocenters. The Labute approximate surface area is 243 Å². The Hall–Kier alpha value is -3.54. The fourth-order valence-electron chi connectivity index (χ4n) is 4.34. The van der Waals surface area contributed by atoms with Gasteiger partial charge in [-0.15, -0.1) is 11.8 Å². The molecule has 0 aliphatic carbocycles. The van der Waals surface area contributed by atoms with E-state index < -0.39 is 39.1 Å². The average molecular weight is 598 g/mol. The molecule has 8 nitrogen and oxygen atoms in total. The number of carbonyl (C=O) groups excluding carboxylic acids is 2. The van der Waals surface area contributed by atoms with Crippen LogP contribution in [0, 0.1) is 17.1 Å². The smallest absolute Gasteiger partial charge is 0.352 e. The normalized spacial score (nSPS) is 16.3. The first-order chi connectivity index (χ1) is 19.6. The van der Waals surface area contributed by atoms with Gasteiger partial charge >= 0.3 is 5.97 Å². The number of nitrogens with one attached hydrogen (secondary N) is 2. The van der Waals surface area contributed by atoms with Crippen LogP contribution in [0.15, 0.2) is 83.8 Å². The molecule has 41 heavy (non-hydrogen) atoms. The molecule has 0 aromatic heterocycles. The highest BCUT2D eigenvalue weighted by Gasteiger charge is 2.40. The zero-order valence-electron chi connectivity index (χ0n) is 22.7. The number of hydrogen-bond donors (Lipinski definition) is 2. The number of ether oxygens (including phenoxy) is 1. The molecule has 0 radical (unpaired) electrons. The van der Waals surface area contributed by atoms with Crippen molar-refractivity contribution in [1.82, 2.24) is 9.62 Å². The van der Waals surface area contributed by atoms with E-state index in [1.54, 1.807) is 38.1 Å². The van der Waals surface area contributed by atoms with Gasteiger partial charge in [0.25, 0.3) is 0 Å². The fourth-order valence-corrected chi connectivity index (χ4v) is 7.42. The lowest BCUT2D eigenvalue weighted by molar-refractivity contribution is -0.136. The van der Waals surface area contributed by atoms with Crippen LogP contribution in [0.1, 0.15) is 31.9 Å². The van der Waals surface area contributed by atoms with E-state index in [4.69, 9.17) is 10.1 Å². The van der Waals surface area contributed by atoms with Crippen molar-refractivity contribution in [2.45, 2.75) is 36.6 Å². The molecule has 1 aliphatic heterocycles. The molecule has 4 rings (SSSR count). The summed E-state index contributed by atoms with van der Waals surface area (Å²) in [4.78, 5) is 25.7. The second kappa shape index (κ2) is 13.4. The molecular formula is C30H32FN3O5S2. The van der Waals surface area contributed by atoms with Gasteiger partial charge in [-0.05, 0) is 41.0 Å². The molecule has 0 saturated carbocycles. The van der Waals surface area contributed by atoms with E-state index in [0.717, 1.165) is 11.1 Å². The lowest BCUT2D eigenvalue weighted by atomic mass is 10.0. The molecule has 1 fully saturated rings. The van der Waals surface area contributed by atoms with Crippen LogP contribution in [0.4, 0.5) is 4.39 Å². The van der Waals surface area contributed by atoms with E-state index in [0.29, 0.717) is 11.3 Å². The summed E-state index contributed by atoms with van der Waals surface area (Å²) in [6.07, 6.45) is 0.152. The molecule has 1 heterocycles. The molecule has 3 aromatic carbocycles. The number of rotatable bonds is 11. The standard InChI is InChI=1S/C30H32FN3O5S2/c1-20(2)27(32)30(36)39-18-16-26(23-8-12-24(31)13-9-23)33-28(35)29-34(17-19-40-29)41(37,38)25-14-10-22(11-15-25)21-6-4-3-5-7-21/h3-15,20,26,29,32H,16-19H2,1-2H3,(H,33,35)/t26-,29-/m0/s1. The van der Waals surface area contributed by atoms with Crippen LogP contribution in [-0.4, -0.2) is 54.6 Å². The maximum absolute atomic E-state index is 13.6. The van der Waals surface area contributed by atoms with Gasteiger partial charge in [0.15, 0.2) is 0 Å². The molecule has 1 aliphatic rings. The fraction of sp³-hybridized carbons (Fsp3) is 0.300. The van der Waals surface area contributed by atoms with E-state index in [1.165, 1.54) is 40.3 Å². The lowest BCUT2D eigenvalue weighted by Gasteiger charge is -2.26. The average Bonchev–Trinajstić information content (AvgIpc) is 3.48.